The Bertz CT molecular complexity index is 1010. The molecule has 30 heavy (non-hydrogen) atoms. The maximum absolute atomic E-state index is 13.3. The summed E-state index contributed by atoms with van der Waals surface area (Å²) >= 11 is 0. The van der Waals surface area contributed by atoms with Gasteiger partial charge in [-0.15, -0.1) is 0 Å². The number of hydrogen-bond acceptors (Lipinski definition) is 3. The zero-order valence-electron chi connectivity index (χ0n) is 17.7. The monoisotopic (exact) mass is 426 g/mol. The van der Waals surface area contributed by atoms with E-state index in [4.69, 9.17) is 0 Å². The van der Waals surface area contributed by atoms with Crippen LogP contribution < -0.4 is 9.62 Å². The van der Waals surface area contributed by atoms with Gasteiger partial charge in [-0.05, 0) is 75.8 Å². The van der Waals surface area contributed by atoms with Crippen molar-refractivity contribution in [1.82, 2.24) is 5.32 Å². The molecule has 2 aromatic rings. The number of rotatable bonds is 8. The maximum Gasteiger partial charge on any atom is 0.264 e. The van der Waals surface area contributed by atoms with Gasteiger partial charge in [-0.3, -0.25) is 9.10 Å². The van der Waals surface area contributed by atoms with E-state index in [1.165, 1.54) is 22.7 Å². The first-order valence-electron chi connectivity index (χ1n) is 10.5. The number of hydrogen-bond donors (Lipinski definition) is 1. The Morgan fingerprint density at radius 2 is 1.80 bits per heavy atom. The zero-order valence-corrected chi connectivity index (χ0v) is 18.5. The van der Waals surface area contributed by atoms with Crippen LogP contribution in [0.4, 0.5) is 5.69 Å². The highest BCUT2D eigenvalue weighted by atomic mass is 32.2. The Hall–Kier alpha value is -2.60. The summed E-state index contributed by atoms with van der Waals surface area (Å²) in [5, 5.41) is 2.89. The first kappa shape index (κ1) is 22.1. The second-order valence-electron chi connectivity index (χ2n) is 7.87. The molecule has 6 heteroatoms. The number of nitrogens with one attached hydrogen (secondary N) is 1. The van der Waals surface area contributed by atoms with Crippen molar-refractivity contribution >= 4 is 21.6 Å². The van der Waals surface area contributed by atoms with Crippen LogP contribution >= 0.6 is 0 Å². The normalized spacial score (nSPS) is 14.1. The standard InChI is InChI=1S/C24H30N2O3S/c1-19-11-13-23(14-12-19)30(28,29)26(22-10-6-7-20(2)17-22)18-24(27)25-16-15-21-8-4-3-5-9-21/h6-8,10-14,17H,3-5,9,15-16,18H2,1-2H3,(H,25,27). The van der Waals surface area contributed by atoms with Crippen LogP contribution in [0.3, 0.4) is 0 Å². The van der Waals surface area contributed by atoms with Gasteiger partial charge in [0.25, 0.3) is 10.0 Å². The van der Waals surface area contributed by atoms with Crippen LogP contribution in [0.2, 0.25) is 0 Å². The average molecular weight is 427 g/mol. The van der Waals surface area contributed by atoms with E-state index in [9.17, 15) is 13.2 Å². The first-order chi connectivity index (χ1) is 14.4. The lowest BCUT2D eigenvalue weighted by atomic mass is 9.97. The van der Waals surface area contributed by atoms with Crippen LogP contribution in [0.5, 0.6) is 0 Å². The molecule has 0 saturated carbocycles. The number of sulfonamides is 1. The molecule has 1 aliphatic carbocycles. The SMILES string of the molecule is Cc1ccc(S(=O)(=O)N(CC(=O)NCCC2=CCCCC2)c2cccc(C)c2)cc1. The van der Waals surface area contributed by atoms with Crippen LogP contribution in [0.15, 0.2) is 65.1 Å². The van der Waals surface area contributed by atoms with E-state index < -0.39 is 10.0 Å². The van der Waals surface area contributed by atoms with Crippen molar-refractivity contribution in [3.63, 3.8) is 0 Å². The van der Waals surface area contributed by atoms with Gasteiger partial charge in [0.1, 0.15) is 6.54 Å². The first-order valence-corrected chi connectivity index (χ1v) is 11.9. The zero-order chi connectivity index (χ0) is 21.6. The summed E-state index contributed by atoms with van der Waals surface area (Å²) in [6.45, 7) is 4.08. The number of allylic oxidation sites excluding steroid dienone is 1. The lowest BCUT2D eigenvalue weighted by molar-refractivity contribution is -0.119. The Morgan fingerprint density at radius 1 is 1.03 bits per heavy atom. The molecular formula is C24H30N2O3S. The Morgan fingerprint density at radius 3 is 2.47 bits per heavy atom. The van der Waals surface area contributed by atoms with Gasteiger partial charge in [-0.1, -0.05) is 41.5 Å². The fraction of sp³-hybridized carbons (Fsp3) is 0.375. The van der Waals surface area contributed by atoms with E-state index in [0.29, 0.717) is 12.2 Å². The van der Waals surface area contributed by atoms with Gasteiger partial charge in [0.2, 0.25) is 5.91 Å². The summed E-state index contributed by atoms with van der Waals surface area (Å²) in [5.74, 6) is -0.302. The fourth-order valence-electron chi connectivity index (χ4n) is 3.62. The molecule has 3 rings (SSSR count). The molecule has 1 amide bonds. The van der Waals surface area contributed by atoms with E-state index in [-0.39, 0.29) is 17.3 Å². The molecule has 0 fully saturated rings. The Labute approximate surface area is 179 Å². The molecule has 0 saturated heterocycles. The molecule has 160 valence electrons. The second kappa shape index (κ2) is 9.94. The molecule has 1 N–H and O–H groups in total. The maximum atomic E-state index is 13.3. The number of benzene rings is 2. The van der Waals surface area contributed by atoms with Gasteiger partial charge in [0.15, 0.2) is 0 Å². The highest BCUT2D eigenvalue weighted by Crippen LogP contribution is 2.25. The Balaban J connectivity index is 1.77. The third kappa shape index (κ3) is 5.72. The van der Waals surface area contributed by atoms with Crippen LogP contribution in [0.1, 0.15) is 43.2 Å². The molecular weight excluding hydrogens is 396 g/mol. The largest absolute Gasteiger partial charge is 0.354 e. The molecule has 5 nitrogen and oxygen atoms in total. The van der Waals surface area contributed by atoms with Crippen molar-refractivity contribution in [1.29, 1.82) is 0 Å². The number of anilines is 1. The van der Waals surface area contributed by atoms with Gasteiger partial charge in [0, 0.05) is 6.54 Å². The summed E-state index contributed by atoms with van der Waals surface area (Å²) in [6.07, 6.45) is 7.72. The second-order valence-corrected chi connectivity index (χ2v) is 9.73. The van der Waals surface area contributed by atoms with Crippen LogP contribution in [0, 0.1) is 13.8 Å². The van der Waals surface area contributed by atoms with Crippen LogP contribution in [-0.4, -0.2) is 27.4 Å². The van der Waals surface area contributed by atoms with Crippen molar-refractivity contribution in [2.75, 3.05) is 17.4 Å². The van der Waals surface area contributed by atoms with E-state index in [1.807, 2.05) is 19.9 Å². The molecule has 1 aliphatic rings. The van der Waals surface area contributed by atoms with Crippen molar-refractivity contribution in [2.45, 2.75) is 50.8 Å². The van der Waals surface area contributed by atoms with Crippen molar-refractivity contribution in [3.05, 3.63) is 71.3 Å². The lowest BCUT2D eigenvalue weighted by Gasteiger charge is -2.24. The highest BCUT2D eigenvalue weighted by Gasteiger charge is 2.27. The van der Waals surface area contributed by atoms with E-state index in [2.05, 4.69) is 11.4 Å². The third-order valence-corrected chi connectivity index (χ3v) is 7.13. The van der Waals surface area contributed by atoms with Gasteiger partial charge in [0.05, 0.1) is 10.6 Å². The van der Waals surface area contributed by atoms with Gasteiger partial charge >= 0.3 is 0 Å². The number of aryl methyl sites for hydroxylation is 2. The molecule has 0 spiro atoms. The minimum Gasteiger partial charge on any atom is -0.354 e. The van der Waals surface area contributed by atoms with E-state index in [0.717, 1.165) is 30.4 Å². The Kier molecular flexibility index (Phi) is 7.32. The fourth-order valence-corrected chi connectivity index (χ4v) is 5.03. The van der Waals surface area contributed by atoms with Crippen LogP contribution in [-0.2, 0) is 14.8 Å². The topological polar surface area (TPSA) is 66.5 Å². The summed E-state index contributed by atoms with van der Waals surface area (Å²) in [6, 6.07) is 13.9. The average Bonchev–Trinajstić information content (AvgIpc) is 2.73. The van der Waals surface area contributed by atoms with Gasteiger partial charge in [-0.2, -0.15) is 0 Å². The molecule has 0 atom stereocenters. The molecule has 0 radical (unpaired) electrons. The molecule has 2 aromatic carbocycles. The van der Waals surface area contributed by atoms with Crippen LogP contribution in [0.25, 0.3) is 0 Å². The van der Waals surface area contributed by atoms with Gasteiger partial charge in [-0.25, -0.2) is 8.42 Å². The van der Waals surface area contributed by atoms with E-state index in [1.54, 1.807) is 42.5 Å². The smallest absolute Gasteiger partial charge is 0.264 e. The number of nitrogens with zero attached hydrogens (tertiary/aromatic N) is 1. The van der Waals surface area contributed by atoms with Gasteiger partial charge < -0.3 is 5.32 Å². The number of carbonyl (C=O) groups excluding carboxylic acids is 1. The molecule has 0 unspecified atom stereocenters. The molecule has 0 heterocycles. The minimum absolute atomic E-state index is 0.176. The van der Waals surface area contributed by atoms with E-state index >= 15 is 0 Å². The summed E-state index contributed by atoms with van der Waals surface area (Å²) in [7, 11) is -3.87. The molecule has 0 aromatic heterocycles. The summed E-state index contributed by atoms with van der Waals surface area (Å²) < 4.78 is 27.9. The van der Waals surface area contributed by atoms with Crippen molar-refractivity contribution < 1.29 is 13.2 Å². The third-order valence-electron chi connectivity index (χ3n) is 5.34. The molecule has 0 bridgehead atoms. The molecule has 0 aliphatic heterocycles. The summed E-state index contributed by atoms with van der Waals surface area (Å²) in [5.41, 5.74) is 3.78. The summed E-state index contributed by atoms with van der Waals surface area (Å²) in [4.78, 5) is 12.8. The predicted molar refractivity (Wildman–Crippen MR) is 121 cm³/mol. The highest BCUT2D eigenvalue weighted by molar-refractivity contribution is 7.92. The van der Waals surface area contributed by atoms with Crippen molar-refractivity contribution in [3.8, 4) is 0 Å². The number of amides is 1. The lowest BCUT2D eigenvalue weighted by Crippen LogP contribution is -2.41. The van der Waals surface area contributed by atoms with Crippen molar-refractivity contribution in [2.24, 2.45) is 0 Å². The predicted octanol–water partition coefficient (Wildman–Crippen LogP) is 4.51. The quantitative estimate of drug-likeness (QED) is 0.632. The number of carbonyl (C=O) groups is 1. The minimum atomic E-state index is -3.87.